The molecule has 0 aliphatic carbocycles. The van der Waals surface area contributed by atoms with Gasteiger partial charge in [0.15, 0.2) is 9.84 Å². The van der Waals surface area contributed by atoms with Gasteiger partial charge in [0, 0.05) is 5.54 Å². The first-order valence-electron chi connectivity index (χ1n) is 5.53. The maximum Gasteiger partial charge on any atom is 0.150 e. The fourth-order valence-electron chi connectivity index (χ4n) is 3.00. The van der Waals surface area contributed by atoms with E-state index in [1.807, 2.05) is 0 Å². The van der Waals surface area contributed by atoms with Crippen LogP contribution in [0.1, 0.15) is 32.6 Å². The summed E-state index contributed by atoms with van der Waals surface area (Å²) in [5.41, 5.74) is 0.142. The zero-order valence-corrected chi connectivity index (χ0v) is 9.57. The van der Waals surface area contributed by atoms with Gasteiger partial charge in [-0.25, -0.2) is 8.42 Å². The predicted molar refractivity (Wildman–Crippen MR) is 57.0 cm³/mol. The summed E-state index contributed by atoms with van der Waals surface area (Å²) in [5.74, 6) is 1.18. The van der Waals surface area contributed by atoms with Crippen LogP contribution in [0.2, 0.25) is 0 Å². The van der Waals surface area contributed by atoms with Gasteiger partial charge >= 0.3 is 0 Å². The fraction of sp³-hybridized carbons (Fsp3) is 1.00. The predicted octanol–water partition coefficient (Wildman–Crippen LogP) is 0.953. The minimum atomic E-state index is -2.72. The topological polar surface area (TPSA) is 46.2 Å². The highest BCUT2D eigenvalue weighted by atomic mass is 32.2. The lowest BCUT2D eigenvalue weighted by Crippen LogP contribution is -2.46. The molecule has 2 atom stereocenters. The smallest absolute Gasteiger partial charge is 0.150 e. The molecule has 0 saturated carbocycles. The van der Waals surface area contributed by atoms with E-state index in [9.17, 15) is 8.42 Å². The molecule has 14 heavy (non-hydrogen) atoms. The summed E-state index contributed by atoms with van der Waals surface area (Å²) in [5, 5.41) is 3.54. The summed E-state index contributed by atoms with van der Waals surface area (Å²) in [4.78, 5) is 0. The molecule has 0 aromatic heterocycles. The number of hydrogen-bond acceptors (Lipinski definition) is 3. The van der Waals surface area contributed by atoms with Crippen LogP contribution in [0.3, 0.4) is 0 Å². The van der Waals surface area contributed by atoms with E-state index in [-0.39, 0.29) is 5.54 Å². The summed E-state index contributed by atoms with van der Waals surface area (Å²) in [6.45, 7) is 3.23. The summed E-state index contributed by atoms with van der Waals surface area (Å²) < 4.78 is 22.9. The molecule has 2 fully saturated rings. The van der Waals surface area contributed by atoms with Crippen LogP contribution < -0.4 is 5.32 Å². The van der Waals surface area contributed by atoms with Crippen LogP contribution in [0.25, 0.3) is 0 Å². The lowest BCUT2D eigenvalue weighted by Gasteiger charge is -2.34. The molecule has 2 aliphatic heterocycles. The van der Waals surface area contributed by atoms with Gasteiger partial charge in [0.25, 0.3) is 0 Å². The lowest BCUT2D eigenvalue weighted by atomic mass is 9.80. The van der Waals surface area contributed by atoms with Gasteiger partial charge in [-0.2, -0.15) is 0 Å². The first kappa shape index (κ1) is 10.4. The van der Waals surface area contributed by atoms with Crippen molar-refractivity contribution in [2.24, 2.45) is 5.92 Å². The Bertz CT molecular complexity index is 304. The summed E-state index contributed by atoms with van der Waals surface area (Å²) in [6, 6.07) is 0. The van der Waals surface area contributed by atoms with Crippen LogP contribution in [0.15, 0.2) is 0 Å². The molecule has 0 aromatic carbocycles. The van der Waals surface area contributed by atoms with Crippen LogP contribution in [-0.2, 0) is 9.84 Å². The Morgan fingerprint density at radius 1 is 1.50 bits per heavy atom. The van der Waals surface area contributed by atoms with E-state index < -0.39 is 9.84 Å². The highest BCUT2D eigenvalue weighted by Gasteiger charge is 2.44. The van der Waals surface area contributed by atoms with E-state index >= 15 is 0 Å². The van der Waals surface area contributed by atoms with Gasteiger partial charge in [-0.05, 0) is 38.1 Å². The Morgan fingerprint density at radius 3 is 2.71 bits per heavy atom. The average Bonchev–Trinajstić information content (AvgIpc) is 2.72. The van der Waals surface area contributed by atoms with Crippen LogP contribution in [0.4, 0.5) is 0 Å². The molecular weight excluding hydrogens is 198 g/mol. The Kier molecular flexibility index (Phi) is 2.60. The minimum Gasteiger partial charge on any atom is -0.311 e. The van der Waals surface area contributed by atoms with E-state index in [0.717, 1.165) is 25.8 Å². The molecule has 2 aliphatic rings. The van der Waals surface area contributed by atoms with E-state index in [1.54, 1.807) is 0 Å². The summed E-state index contributed by atoms with van der Waals surface area (Å²) in [6.07, 6.45) is 4.28. The Hall–Kier alpha value is -0.0900. The SMILES string of the molecule is CCC1(C2CCS(=O)(=O)C2)CCCN1. The van der Waals surface area contributed by atoms with Crippen molar-refractivity contribution < 1.29 is 8.42 Å². The zero-order valence-electron chi connectivity index (χ0n) is 8.75. The molecule has 3 nitrogen and oxygen atoms in total. The van der Waals surface area contributed by atoms with Crippen molar-refractivity contribution in [1.29, 1.82) is 0 Å². The Morgan fingerprint density at radius 2 is 2.29 bits per heavy atom. The largest absolute Gasteiger partial charge is 0.311 e. The third kappa shape index (κ3) is 1.70. The average molecular weight is 217 g/mol. The minimum absolute atomic E-state index is 0.142. The third-order valence-electron chi connectivity index (χ3n) is 3.92. The molecule has 0 spiro atoms. The molecule has 0 bridgehead atoms. The second-order valence-electron chi connectivity index (χ2n) is 4.64. The van der Waals surface area contributed by atoms with Crippen LogP contribution in [0, 0.1) is 5.92 Å². The van der Waals surface area contributed by atoms with Gasteiger partial charge in [0.2, 0.25) is 0 Å². The lowest BCUT2D eigenvalue weighted by molar-refractivity contribution is 0.249. The zero-order chi connectivity index (χ0) is 10.2. The fourth-order valence-corrected chi connectivity index (χ4v) is 4.91. The summed E-state index contributed by atoms with van der Waals surface area (Å²) >= 11 is 0. The number of nitrogens with one attached hydrogen (secondary N) is 1. The van der Waals surface area contributed by atoms with Crippen LogP contribution in [-0.4, -0.2) is 32.0 Å². The molecule has 2 unspecified atom stereocenters. The van der Waals surface area contributed by atoms with Crippen molar-refractivity contribution in [3.05, 3.63) is 0 Å². The summed E-state index contributed by atoms with van der Waals surface area (Å²) in [7, 11) is -2.72. The van der Waals surface area contributed by atoms with Crippen molar-refractivity contribution in [3.8, 4) is 0 Å². The van der Waals surface area contributed by atoms with Gasteiger partial charge in [0.1, 0.15) is 0 Å². The second-order valence-corrected chi connectivity index (χ2v) is 6.87. The molecule has 0 aromatic rings. The van der Waals surface area contributed by atoms with E-state index in [0.29, 0.717) is 17.4 Å². The molecule has 1 N–H and O–H groups in total. The van der Waals surface area contributed by atoms with Crippen molar-refractivity contribution in [2.75, 3.05) is 18.1 Å². The molecule has 0 radical (unpaired) electrons. The van der Waals surface area contributed by atoms with E-state index in [2.05, 4.69) is 12.2 Å². The van der Waals surface area contributed by atoms with Gasteiger partial charge in [0.05, 0.1) is 11.5 Å². The Balaban J connectivity index is 2.14. The van der Waals surface area contributed by atoms with Crippen LogP contribution >= 0.6 is 0 Å². The monoisotopic (exact) mass is 217 g/mol. The maximum atomic E-state index is 11.4. The quantitative estimate of drug-likeness (QED) is 0.749. The van der Waals surface area contributed by atoms with Crippen LogP contribution in [0.5, 0.6) is 0 Å². The van der Waals surface area contributed by atoms with Crippen molar-refractivity contribution in [3.63, 3.8) is 0 Å². The molecule has 2 saturated heterocycles. The standard InChI is InChI=1S/C10H19NO2S/c1-2-10(5-3-6-11-10)9-4-7-14(12,13)8-9/h9,11H,2-8H2,1H3. The maximum absolute atomic E-state index is 11.4. The molecule has 2 heterocycles. The molecule has 2 rings (SSSR count). The highest BCUT2D eigenvalue weighted by molar-refractivity contribution is 7.91. The van der Waals surface area contributed by atoms with Gasteiger partial charge in [-0.3, -0.25) is 0 Å². The second kappa shape index (κ2) is 3.49. The molecule has 4 heteroatoms. The van der Waals surface area contributed by atoms with Gasteiger partial charge in [-0.15, -0.1) is 0 Å². The van der Waals surface area contributed by atoms with Gasteiger partial charge in [-0.1, -0.05) is 6.92 Å². The third-order valence-corrected chi connectivity index (χ3v) is 5.69. The molecular formula is C10H19NO2S. The number of rotatable bonds is 2. The van der Waals surface area contributed by atoms with Crippen molar-refractivity contribution >= 4 is 9.84 Å². The molecule has 82 valence electrons. The van der Waals surface area contributed by atoms with Crippen molar-refractivity contribution in [2.45, 2.75) is 38.1 Å². The number of sulfone groups is 1. The van der Waals surface area contributed by atoms with Gasteiger partial charge < -0.3 is 5.32 Å². The molecule has 0 amide bonds. The van der Waals surface area contributed by atoms with Crippen molar-refractivity contribution in [1.82, 2.24) is 5.32 Å². The first-order chi connectivity index (χ1) is 6.58. The normalized spacial score (nSPS) is 41.6. The van der Waals surface area contributed by atoms with E-state index in [1.165, 1.54) is 6.42 Å². The first-order valence-corrected chi connectivity index (χ1v) is 7.35. The highest BCUT2D eigenvalue weighted by Crippen LogP contribution is 2.37. The Labute approximate surface area is 86.2 Å². The number of hydrogen-bond donors (Lipinski definition) is 1. The van der Waals surface area contributed by atoms with E-state index in [4.69, 9.17) is 0 Å².